The third-order valence-electron chi connectivity index (χ3n) is 14.7. The van der Waals surface area contributed by atoms with Gasteiger partial charge in [0.2, 0.25) is 0 Å². The molecule has 66 heavy (non-hydrogen) atoms. The molecular formula is C62H47N3Si. The molecule has 1 aromatic heterocycles. The SMILES string of the molecule is C[Si](C)(C)c1ccc2c(c1)C1(c3ccccc3-c3ccccc31)c1cc(-c3ccc(-c4nc(-c5cccc(-c6ccccc6)c5)nc(-c5cccc6ccccc56)n4)c4c3CCC4)ccc1-2. The zero-order chi connectivity index (χ0) is 44.1. The highest BCUT2D eigenvalue weighted by molar-refractivity contribution is 6.88. The molecule has 0 amide bonds. The number of hydrogen-bond acceptors (Lipinski definition) is 3. The lowest BCUT2D eigenvalue weighted by Crippen LogP contribution is -2.38. The topological polar surface area (TPSA) is 38.7 Å². The van der Waals surface area contributed by atoms with Crippen LogP contribution in [0.5, 0.6) is 0 Å². The molecule has 0 saturated heterocycles. The molecule has 0 radical (unpaired) electrons. The second-order valence-electron chi connectivity index (χ2n) is 19.4. The summed E-state index contributed by atoms with van der Waals surface area (Å²) in [6.45, 7) is 7.40. The second-order valence-corrected chi connectivity index (χ2v) is 24.4. The van der Waals surface area contributed by atoms with Gasteiger partial charge in [-0.3, -0.25) is 0 Å². The Hall–Kier alpha value is -7.53. The summed E-state index contributed by atoms with van der Waals surface area (Å²) in [4.78, 5) is 16.0. The lowest BCUT2D eigenvalue weighted by atomic mass is 9.70. The molecular weight excluding hydrogens is 815 g/mol. The van der Waals surface area contributed by atoms with Crippen LogP contribution in [-0.4, -0.2) is 23.0 Å². The Morgan fingerprint density at radius 3 is 1.67 bits per heavy atom. The summed E-state index contributed by atoms with van der Waals surface area (Å²) in [5.74, 6) is 2.08. The monoisotopic (exact) mass is 861 g/mol. The predicted octanol–water partition coefficient (Wildman–Crippen LogP) is 14.7. The number of nitrogens with zero attached hydrogens (tertiary/aromatic N) is 3. The summed E-state index contributed by atoms with van der Waals surface area (Å²) in [5, 5.41) is 3.79. The molecule has 4 heteroatoms. The standard InChI is InChI=1S/C62H47N3Si/c1-66(2,3)44-31-33-52-51-32-30-42(37-57(51)62(58(52)38-44)55-28-11-9-23-49(55)50-24-10-12-29-56(50)62)46-34-35-54(48-26-15-25-47(46)48)61-64-59(43-21-13-20-41(36-43)39-16-5-4-6-17-39)63-60(65-61)53-27-14-19-40-18-7-8-22-45(40)53/h4-14,16-24,27-38H,15,25-26H2,1-3H3. The highest BCUT2D eigenvalue weighted by Gasteiger charge is 2.52. The van der Waals surface area contributed by atoms with Crippen molar-refractivity contribution in [3.05, 3.63) is 228 Å². The number of hydrogen-bond donors (Lipinski definition) is 0. The second kappa shape index (κ2) is 14.7. The van der Waals surface area contributed by atoms with Crippen LogP contribution >= 0.6 is 0 Å². The van der Waals surface area contributed by atoms with Gasteiger partial charge in [0.25, 0.3) is 0 Å². The van der Waals surface area contributed by atoms with Gasteiger partial charge in [0.15, 0.2) is 17.5 Å². The summed E-state index contributed by atoms with van der Waals surface area (Å²) in [5.41, 5.74) is 21.3. The van der Waals surface area contributed by atoms with E-state index in [1.165, 1.54) is 71.9 Å². The van der Waals surface area contributed by atoms with E-state index in [2.05, 4.69) is 214 Å². The van der Waals surface area contributed by atoms with Gasteiger partial charge in [-0.15, -0.1) is 0 Å². The molecule has 3 nitrogen and oxygen atoms in total. The molecule has 10 aromatic rings. The van der Waals surface area contributed by atoms with Crippen LogP contribution in [0.3, 0.4) is 0 Å². The average molecular weight is 862 g/mol. The van der Waals surface area contributed by atoms with Crippen molar-refractivity contribution in [2.24, 2.45) is 0 Å². The summed E-state index contributed by atoms with van der Waals surface area (Å²) in [6.07, 6.45) is 3.08. The van der Waals surface area contributed by atoms with E-state index in [1.54, 1.807) is 0 Å². The van der Waals surface area contributed by atoms with Gasteiger partial charge in [0, 0.05) is 16.7 Å². The van der Waals surface area contributed by atoms with Crippen LogP contribution in [0, 0.1) is 0 Å². The Bertz CT molecular complexity index is 3570. The molecule has 13 rings (SSSR count). The maximum Gasteiger partial charge on any atom is 0.164 e. The summed E-state index contributed by atoms with van der Waals surface area (Å²) in [7, 11) is -1.63. The van der Waals surface area contributed by atoms with Crippen molar-refractivity contribution in [2.45, 2.75) is 44.3 Å². The van der Waals surface area contributed by atoms with E-state index in [4.69, 9.17) is 15.0 Å². The maximum absolute atomic E-state index is 5.38. The Morgan fingerprint density at radius 2 is 0.894 bits per heavy atom. The fourth-order valence-corrected chi connectivity index (χ4v) is 12.8. The molecule has 0 fully saturated rings. The maximum atomic E-state index is 5.38. The average Bonchev–Trinajstić information content (AvgIpc) is 4.06. The molecule has 3 aliphatic rings. The molecule has 0 atom stereocenters. The van der Waals surface area contributed by atoms with Gasteiger partial charge in [-0.05, 0) is 120 Å². The third kappa shape index (κ3) is 5.84. The summed E-state index contributed by atoms with van der Waals surface area (Å²) in [6, 6.07) is 71.8. The quantitative estimate of drug-likeness (QED) is 0.156. The molecule has 1 spiro atoms. The third-order valence-corrected chi connectivity index (χ3v) is 16.7. The largest absolute Gasteiger partial charge is 0.208 e. The molecule has 3 aliphatic carbocycles. The predicted molar refractivity (Wildman–Crippen MR) is 276 cm³/mol. The summed E-state index contributed by atoms with van der Waals surface area (Å²) >= 11 is 0. The molecule has 0 N–H and O–H groups in total. The lowest BCUT2D eigenvalue weighted by molar-refractivity contribution is 0.794. The van der Waals surface area contributed by atoms with Crippen molar-refractivity contribution < 1.29 is 0 Å². The van der Waals surface area contributed by atoms with E-state index < -0.39 is 13.5 Å². The minimum atomic E-state index is -1.63. The van der Waals surface area contributed by atoms with Crippen LogP contribution < -0.4 is 5.19 Å². The fraction of sp³-hybridized carbons (Fsp3) is 0.113. The highest BCUT2D eigenvalue weighted by atomic mass is 28.3. The van der Waals surface area contributed by atoms with E-state index >= 15 is 0 Å². The first-order chi connectivity index (χ1) is 32.3. The van der Waals surface area contributed by atoms with E-state index in [1.807, 2.05) is 0 Å². The number of fused-ring (bicyclic) bond motifs is 12. The molecule has 0 saturated carbocycles. The van der Waals surface area contributed by atoms with Gasteiger partial charge in [-0.25, -0.2) is 15.0 Å². The van der Waals surface area contributed by atoms with Gasteiger partial charge in [-0.1, -0.05) is 207 Å². The number of benzene rings is 9. The lowest BCUT2D eigenvalue weighted by Gasteiger charge is -2.32. The van der Waals surface area contributed by atoms with Crippen molar-refractivity contribution in [3.63, 3.8) is 0 Å². The van der Waals surface area contributed by atoms with Crippen molar-refractivity contribution in [3.8, 4) is 78.7 Å². The van der Waals surface area contributed by atoms with E-state index in [-0.39, 0.29) is 0 Å². The van der Waals surface area contributed by atoms with Crippen LogP contribution in [0.1, 0.15) is 39.8 Å². The van der Waals surface area contributed by atoms with Gasteiger partial charge >= 0.3 is 0 Å². The fourth-order valence-electron chi connectivity index (χ4n) is 11.6. The molecule has 0 bridgehead atoms. The molecule has 314 valence electrons. The van der Waals surface area contributed by atoms with Gasteiger partial charge in [0.1, 0.15) is 0 Å². The van der Waals surface area contributed by atoms with Crippen molar-refractivity contribution in [1.29, 1.82) is 0 Å². The van der Waals surface area contributed by atoms with Gasteiger partial charge < -0.3 is 0 Å². The molecule has 0 aliphatic heterocycles. The Balaban J connectivity index is 0.993. The zero-order valence-electron chi connectivity index (χ0n) is 37.4. The van der Waals surface area contributed by atoms with Crippen LogP contribution in [0.4, 0.5) is 0 Å². The minimum absolute atomic E-state index is 0.399. The van der Waals surface area contributed by atoms with E-state index in [0.717, 1.165) is 63.7 Å². The van der Waals surface area contributed by atoms with Crippen LogP contribution in [-0.2, 0) is 18.3 Å². The molecule has 9 aromatic carbocycles. The van der Waals surface area contributed by atoms with Crippen LogP contribution in [0.2, 0.25) is 19.6 Å². The van der Waals surface area contributed by atoms with Crippen LogP contribution in [0.25, 0.3) is 89.4 Å². The first-order valence-corrected chi connectivity index (χ1v) is 26.9. The zero-order valence-corrected chi connectivity index (χ0v) is 38.4. The Labute approximate surface area is 387 Å². The number of aromatic nitrogens is 3. The Morgan fingerprint density at radius 1 is 0.364 bits per heavy atom. The van der Waals surface area contributed by atoms with E-state index in [0.29, 0.717) is 11.6 Å². The summed E-state index contributed by atoms with van der Waals surface area (Å²) < 4.78 is 0. The Kier molecular flexibility index (Phi) is 8.69. The normalized spacial score (nSPS) is 13.9. The molecule has 0 unspecified atom stereocenters. The smallest absolute Gasteiger partial charge is 0.164 e. The first-order valence-electron chi connectivity index (χ1n) is 23.4. The number of rotatable bonds is 6. The van der Waals surface area contributed by atoms with E-state index in [9.17, 15) is 0 Å². The van der Waals surface area contributed by atoms with Crippen molar-refractivity contribution in [2.75, 3.05) is 0 Å². The highest BCUT2D eigenvalue weighted by Crippen LogP contribution is 2.63. The van der Waals surface area contributed by atoms with Crippen molar-refractivity contribution >= 4 is 24.0 Å². The van der Waals surface area contributed by atoms with Crippen molar-refractivity contribution in [1.82, 2.24) is 15.0 Å². The minimum Gasteiger partial charge on any atom is -0.208 e. The first kappa shape index (κ1) is 38.9. The molecule has 1 heterocycles. The van der Waals surface area contributed by atoms with Gasteiger partial charge in [0.05, 0.1) is 13.5 Å². The van der Waals surface area contributed by atoms with Crippen LogP contribution in [0.15, 0.2) is 194 Å². The van der Waals surface area contributed by atoms with Gasteiger partial charge in [-0.2, -0.15) is 0 Å².